The van der Waals surface area contributed by atoms with Crippen LogP contribution in [0.3, 0.4) is 0 Å². The van der Waals surface area contributed by atoms with Gasteiger partial charge in [-0.3, -0.25) is 4.99 Å². The van der Waals surface area contributed by atoms with E-state index in [9.17, 15) is 8.42 Å². The van der Waals surface area contributed by atoms with Gasteiger partial charge in [-0.15, -0.1) is 24.0 Å². The molecule has 1 saturated heterocycles. The largest absolute Gasteiger partial charge is 0.474 e. The van der Waals surface area contributed by atoms with Gasteiger partial charge in [0, 0.05) is 38.9 Å². The maximum atomic E-state index is 12.2. The van der Waals surface area contributed by atoms with Crippen molar-refractivity contribution in [2.75, 3.05) is 25.9 Å². The molecule has 1 aromatic heterocycles. The molecule has 7 nitrogen and oxygen atoms in total. The lowest BCUT2D eigenvalue weighted by Gasteiger charge is -2.39. The minimum absolute atomic E-state index is 0. The first-order chi connectivity index (χ1) is 13.3. The minimum Gasteiger partial charge on any atom is -0.474 e. The molecule has 0 unspecified atom stereocenters. The Morgan fingerprint density at radius 1 is 1.34 bits per heavy atom. The Kier molecular flexibility index (Phi) is 8.57. The highest BCUT2D eigenvalue weighted by Gasteiger charge is 2.40. The van der Waals surface area contributed by atoms with E-state index in [-0.39, 0.29) is 35.8 Å². The molecule has 9 heteroatoms. The molecular formula is C20H33IN4O3S. The van der Waals surface area contributed by atoms with Gasteiger partial charge in [-0.2, -0.15) is 0 Å². The molecule has 0 bridgehead atoms. The highest BCUT2D eigenvalue weighted by atomic mass is 127. The summed E-state index contributed by atoms with van der Waals surface area (Å²) in [6.07, 6.45) is 8.00. The van der Waals surface area contributed by atoms with Gasteiger partial charge in [0.05, 0.1) is 10.5 Å². The fourth-order valence-corrected chi connectivity index (χ4v) is 5.18. The van der Waals surface area contributed by atoms with E-state index in [4.69, 9.17) is 4.74 Å². The number of nitrogens with zero attached hydrogens (tertiary/aromatic N) is 3. The molecule has 1 N–H and O–H groups in total. The quantitative estimate of drug-likeness (QED) is 0.362. The van der Waals surface area contributed by atoms with Crippen LogP contribution >= 0.6 is 24.0 Å². The number of nitrogens with one attached hydrogen (secondary N) is 1. The lowest BCUT2D eigenvalue weighted by atomic mass is 9.98. The van der Waals surface area contributed by atoms with E-state index in [0.717, 1.165) is 24.4 Å². The van der Waals surface area contributed by atoms with Gasteiger partial charge in [0.15, 0.2) is 15.8 Å². The second-order valence-corrected chi connectivity index (χ2v) is 11.0. The summed E-state index contributed by atoms with van der Waals surface area (Å²) in [5.74, 6) is 1.54. The zero-order chi connectivity index (χ0) is 20.2. The Morgan fingerprint density at radius 2 is 2.07 bits per heavy atom. The van der Waals surface area contributed by atoms with E-state index in [1.807, 2.05) is 17.0 Å². The summed E-state index contributed by atoms with van der Waals surface area (Å²) >= 11 is 0. The van der Waals surface area contributed by atoms with Crippen molar-refractivity contribution in [1.29, 1.82) is 0 Å². The smallest absolute Gasteiger partial charge is 0.213 e. The van der Waals surface area contributed by atoms with E-state index in [1.54, 1.807) is 27.1 Å². The monoisotopic (exact) mass is 536 g/mol. The second-order valence-electron chi connectivity index (χ2n) is 8.28. The Morgan fingerprint density at radius 3 is 2.72 bits per heavy atom. The molecule has 2 heterocycles. The number of aromatic nitrogens is 1. The third kappa shape index (κ3) is 6.19. The molecule has 2 aliphatic rings. The summed E-state index contributed by atoms with van der Waals surface area (Å²) in [6, 6.07) is 3.93. The molecule has 0 amide bonds. The van der Waals surface area contributed by atoms with Crippen LogP contribution in [0.25, 0.3) is 0 Å². The lowest BCUT2D eigenvalue weighted by molar-refractivity contribution is 0.148. The molecule has 1 aliphatic carbocycles. The first-order valence-electron chi connectivity index (χ1n) is 10.1. The zero-order valence-electron chi connectivity index (χ0n) is 17.6. The van der Waals surface area contributed by atoms with Crippen LogP contribution in [0.5, 0.6) is 5.88 Å². The molecular weight excluding hydrogens is 503 g/mol. The normalized spacial score (nSPS) is 21.9. The maximum absolute atomic E-state index is 12.2. The third-order valence-electron chi connectivity index (χ3n) is 5.64. The SMILES string of the molecule is CN=C(NCc1ccnc(OC2CCCCC2)c1)N1CCS(=O)(=O)C(C)(C)C1.I. The molecule has 1 aliphatic heterocycles. The first-order valence-corrected chi connectivity index (χ1v) is 11.8. The average Bonchev–Trinajstić information content (AvgIpc) is 2.66. The Bertz CT molecular complexity index is 808. The van der Waals surface area contributed by atoms with Gasteiger partial charge in [0.2, 0.25) is 5.88 Å². The van der Waals surface area contributed by atoms with E-state index in [2.05, 4.69) is 15.3 Å². The van der Waals surface area contributed by atoms with Gasteiger partial charge in [-0.25, -0.2) is 13.4 Å². The molecule has 2 fully saturated rings. The van der Waals surface area contributed by atoms with Gasteiger partial charge in [0.25, 0.3) is 0 Å². The lowest BCUT2D eigenvalue weighted by Crippen LogP contribution is -2.57. The van der Waals surface area contributed by atoms with Crippen LogP contribution in [-0.2, 0) is 16.4 Å². The number of pyridine rings is 1. The van der Waals surface area contributed by atoms with Gasteiger partial charge in [0.1, 0.15) is 6.10 Å². The predicted molar refractivity (Wildman–Crippen MR) is 127 cm³/mol. The van der Waals surface area contributed by atoms with Crippen LogP contribution in [0, 0.1) is 0 Å². The fraction of sp³-hybridized carbons (Fsp3) is 0.700. The van der Waals surface area contributed by atoms with Gasteiger partial charge in [-0.1, -0.05) is 6.42 Å². The van der Waals surface area contributed by atoms with Crippen molar-refractivity contribution < 1.29 is 13.2 Å². The Labute approximate surface area is 191 Å². The standard InChI is InChI=1S/C20H32N4O3S.HI/c1-20(2)15-24(11-12-28(20,25)26)19(21-3)23-14-16-9-10-22-18(13-16)27-17-7-5-4-6-8-17;/h9-10,13,17H,4-8,11-12,14-15H2,1-3H3,(H,21,23);1H. The van der Waals surface area contributed by atoms with E-state index in [1.165, 1.54) is 19.3 Å². The van der Waals surface area contributed by atoms with Gasteiger partial charge < -0.3 is 15.0 Å². The first kappa shape index (κ1) is 24.2. The van der Waals surface area contributed by atoms with Crippen LogP contribution < -0.4 is 10.1 Å². The van der Waals surface area contributed by atoms with Gasteiger partial charge >= 0.3 is 0 Å². The summed E-state index contributed by atoms with van der Waals surface area (Å²) in [5.41, 5.74) is 1.06. The maximum Gasteiger partial charge on any atom is 0.213 e. The van der Waals surface area contributed by atoms with Gasteiger partial charge in [-0.05, 0) is 51.2 Å². The molecule has 29 heavy (non-hydrogen) atoms. The zero-order valence-corrected chi connectivity index (χ0v) is 20.7. The van der Waals surface area contributed by atoms with Crippen LogP contribution in [0.1, 0.15) is 51.5 Å². The van der Waals surface area contributed by atoms with Crippen LogP contribution in [-0.4, -0.2) is 61.0 Å². The van der Waals surface area contributed by atoms with Crippen LogP contribution in [0.2, 0.25) is 0 Å². The summed E-state index contributed by atoms with van der Waals surface area (Å²) in [5, 5.41) is 3.35. The summed E-state index contributed by atoms with van der Waals surface area (Å²) in [4.78, 5) is 10.7. The van der Waals surface area contributed by atoms with E-state index >= 15 is 0 Å². The van der Waals surface area contributed by atoms with Crippen LogP contribution in [0.4, 0.5) is 0 Å². The number of halogens is 1. The predicted octanol–water partition coefficient (Wildman–Crippen LogP) is 3.00. The minimum atomic E-state index is -3.07. The van der Waals surface area contributed by atoms with Crippen molar-refractivity contribution in [2.24, 2.45) is 4.99 Å². The Balaban J connectivity index is 0.00000300. The number of hydrogen-bond donors (Lipinski definition) is 1. The van der Waals surface area contributed by atoms with Crippen molar-refractivity contribution in [3.8, 4) is 5.88 Å². The summed E-state index contributed by atoms with van der Waals surface area (Å²) < 4.78 is 29.7. The number of hydrogen-bond acceptors (Lipinski definition) is 5. The molecule has 1 saturated carbocycles. The molecule has 0 atom stereocenters. The molecule has 0 aromatic carbocycles. The number of rotatable bonds is 4. The van der Waals surface area contributed by atoms with Crippen molar-refractivity contribution in [1.82, 2.24) is 15.2 Å². The molecule has 3 rings (SSSR count). The van der Waals surface area contributed by atoms with Crippen molar-refractivity contribution in [2.45, 2.75) is 63.3 Å². The highest BCUT2D eigenvalue weighted by molar-refractivity contribution is 14.0. The molecule has 0 radical (unpaired) electrons. The number of aliphatic imine (C=N–C) groups is 1. The molecule has 0 spiro atoms. The van der Waals surface area contributed by atoms with E-state index in [0.29, 0.717) is 25.5 Å². The van der Waals surface area contributed by atoms with Crippen molar-refractivity contribution in [3.63, 3.8) is 0 Å². The fourth-order valence-electron chi connectivity index (χ4n) is 3.82. The number of guanidine groups is 1. The third-order valence-corrected chi connectivity index (χ3v) is 8.18. The average molecular weight is 536 g/mol. The number of ether oxygens (including phenoxy) is 1. The number of sulfone groups is 1. The molecule has 1 aromatic rings. The van der Waals surface area contributed by atoms with E-state index < -0.39 is 14.6 Å². The second kappa shape index (κ2) is 10.3. The molecule has 164 valence electrons. The van der Waals surface area contributed by atoms with Crippen molar-refractivity contribution in [3.05, 3.63) is 23.9 Å². The topological polar surface area (TPSA) is 83.9 Å². The highest BCUT2D eigenvalue weighted by Crippen LogP contribution is 2.24. The summed E-state index contributed by atoms with van der Waals surface area (Å²) in [7, 11) is -1.35. The summed E-state index contributed by atoms with van der Waals surface area (Å²) in [6.45, 7) is 5.03. The Hall–Kier alpha value is -1.10. The van der Waals surface area contributed by atoms with Crippen molar-refractivity contribution >= 4 is 39.8 Å². The van der Waals surface area contributed by atoms with Crippen LogP contribution in [0.15, 0.2) is 23.3 Å².